The fourth-order valence-electron chi connectivity index (χ4n) is 6.93. The van der Waals surface area contributed by atoms with Gasteiger partial charge < -0.3 is 42.4 Å². The maximum Gasteiger partial charge on any atom is 0.335 e. The number of fused-ring (bicyclic) bond motifs is 1. The maximum absolute atomic E-state index is 14.1. The first-order valence-electron chi connectivity index (χ1n) is 20.6. The van der Waals surface area contributed by atoms with Crippen molar-refractivity contribution >= 4 is 46.9 Å². The number of carboxylic acid groups (broad SMARTS) is 1. The van der Waals surface area contributed by atoms with Gasteiger partial charge in [0, 0.05) is 54.4 Å². The molecule has 13 nitrogen and oxygen atoms in total. The minimum Gasteiger partial charge on any atom is -0.478 e. The quantitative estimate of drug-likeness (QED) is 0.0291. The first-order valence-corrected chi connectivity index (χ1v) is 21.5. The van der Waals surface area contributed by atoms with Gasteiger partial charge in [-0.05, 0) is 117 Å². The molecule has 0 saturated carbocycles. The van der Waals surface area contributed by atoms with Crippen molar-refractivity contribution in [3.8, 4) is 11.1 Å². The number of likely N-dealkylation sites (N-methyl/N-ethyl adjacent to an activating group) is 1. The van der Waals surface area contributed by atoms with Crippen molar-refractivity contribution in [2.45, 2.75) is 100 Å². The summed E-state index contributed by atoms with van der Waals surface area (Å²) in [6.07, 6.45) is 7.94. The summed E-state index contributed by atoms with van der Waals surface area (Å²) in [5, 5.41) is 20.5. The van der Waals surface area contributed by atoms with Gasteiger partial charge in [0.1, 0.15) is 11.1 Å². The molecule has 14 heteroatoms. The van der Waals surface area contributed by atoms with Crippen LogP contribution in [0.4, 0.5) is 0 Å². The lowest BCUT2D eigenvalue weighted by atomic mass is 9.98. The zero-order chi connectivity index (χ0) is 43.4. The Hall–Kier alpha value is -5.54. The lowest BCUT2D eigenvalue weighted by molar-refractivity contribution is -0.137. The summed E-state index contributed by atoms with van der Waals surface area (Å²) in [4.78, 5) is 61.6. The van der Waals surface area contributed by atoms with Crippen molar-refractivity contribution in [1.82, 2.24) is 30.8 Å². The largest absolute Gasteiger partial charge is 0.478 e. The van der Waals surface area contributed by atoms with Crippen LogP contribution in [0, 0.1) is 0 Å². The molecule has 0 aliphatic heterocycles. The van der Waals surface area contributed by atoms with Crippen LogP contribution in [0.25, 0.3) is 22.0 Å². The van der Waals surface area contributed by atoms with Crippen LogP contribution in [0.15, 0.2) is 101 Å². The Morgan fingerprint density at radius 2 is 1.62 bits per heavy atom. The van der Waals surface area contributed by atoms with Crippen LogP contribution in [0.1, 0.15) is 79.9 Å². The second kappa shape index (κ2) is 24.5. The van der Waals surface area contributed by atoms with Gasteiger partial charge in [0.2, 0.25) is 18.2 Å². The average Bonchev–Trinajstić information content (AvgIpc) is 3.68. The number of aromatic amines is 1. The number of para-hydroxylation sites is 1. The standard InChI is InChI=1S/C44H54N8O5S.C2H6/c1-29(24-33-26-49-37-13-4-3-11-35(33)37)52(2)43(55)39(14-5-6-21-45)51-41(54)38(15-8-22-46)50-25-32-10-9-23-48-42(32)58-40-16-7-12-34(36(40)27-47-28-53)30-17-19-31(20-18-30)44(56)57;1-2/h3-4,7,9-13,16-20,23,26,28-29,38-39,49-50H,5-6,8,14-15,21-22,24-25,27,45-46H2,1-2H3,(H,47,53)(H,51,54)(H,56,57);1-2H3. The van der Waals surface area contributed by atoms with Gasteiger partial charge in [-0.25, -0.2) is 9.78 Å². The van der Waals surface area contributed by atoms with Crippen LogP contribution in [-0.2, 0) is 33.9 Å². The van der Waals surface area contributed by atoms with E-state index >= 15 is 0 Å². The van der Waals surface area contributed by atoms with E-state index in [-0.39, 0.29) is 30.0 Å². The molecule has 2 aromatic heterocycles. The maximum atomic E-state index is 14.1. The lowest BCUT2D eigenvalue weighted by Gasteiger charge is -2.30. The number of pyridine rings is 1. The zero-order valence-electron chi connectivity index (χ0n) is 35.1. The molecule has 3 aromatic carbocycles. The second-order valence-electron chi connectivity index (χ2n) is 14.3. The molecule has 9 N–H and O–H groups in total. The van der Waals surface area contributed by atoms with E-state index in [0.29, 0.717) is 63.2 Å². The SMILES string of the molecule is CC.CC(Cc1c[nH]c2ccccc12)N(C)C(=O)C(CCCCN)NC(=O)C(CCCN)NCc1cccnc1Sc1cccc(-c2ccc(C(=O)O)cc2)c1CNC=O. The Morgan fingerprint density at radius 3 is 2.33 bits per heavy atom. The molecule has 0 bridgehead atoms. The Bertz CT molecular complexity index is 2140. The number of benzene rings is 3. The van der Waals surface area contributed by atoms with Crippen molar-refractivity contribution in [1.29, 1.82) is 0 Å². The molecule has 3 atom stereocenters. The third-order valence-electron chi connectivity index (χ3n) is 10.3. The van der Waals surface area contributed by atoms with E-state index in [9.17, 15) is 24.3 Å². The van der Waals surface area contributed by atoms with Crippen molar-refractivity contribution in [2.75, 3.05) is 20.1 Å². The molecule has 0 aliphatic rings. The summed E-state index contributed by atoms with van der Waals surface area (Å²) in [6, 6.07) is 22.8. The highest BCUT2D eigenvalue weighted by atomic mass is 32.2. The number of nitrogens with one attached hydrogen (secondary N) is 4. The number of carbonyl (C=O) groups is 4. The fourth-order valence-corrected chi connectivity index (χ4v) is 7.97. The molecular formula is C46H60N8O5S. The Kier molecular flexibility index (Phi) is 19.3. The number of aromatic carboxylic acids is 1. The number of hydrogen-bond acceptors (Lipinski definition) is 9. The third-order valence-corrected chi connectivity index (χ3v) is 11.5. The fraction of sp³-hybridized carbons (Fsp3) is 0.370. The van der Waals surface area contributed by atoms with Gasteiger partial charge in [0.15, 0.2) is 0 Å². The van der Waals surface area contributed by atoms with Gasteiger partial charge in [-0.2, -0.15) is 0 Å². The van der Waals surface area contributed by atoms with Gasteiger partial charge in [0.05, 0.1) is 11.6 Å². The number of nitrogens with two attached hydrogens (primary N) is 2. The monoisotopic (exact) mass is 836 g/mol. The molecule has 0 aliphatic carbocycles. The molecule has 5 aromatic rings. The molecule has 3 amide bonds. The molecule has 2 heterocycles. The van der Waals surface area contributed by atoms with Crippen molar-refractivity contribution < 1.29 is 24.3 Å². The van der Waals surface area contributed by atoms with Crippen LogP contribution >= 0.6 is 11.8 Å². The predicted molar refractivity (Wildman–Crippen MR) is 239 cm³/mol. The van der Waals surface area contributed by atoms with Gasteiger partial charge in [0.25, 0.3) is 0 Å². The topological polar surface area (TPSA) is 209 Å². The van der Waals surface area contributed by atoms with Gasteiger partial charge >= 0.3 is 5.97 Å². The van der Waals surface area contributed by atoms with E-state index in [4.69, 9.17) is 16.5 Å². The Morgan fingerprint density at radius 1 is 0.883 bits per heavy atom. The van der Waals surface area contributed by atoms with Gasteiger partial charge in [-0.3, -0.25) is 14.4 Å². The summed E-state index contributed by atoms with van der Waals surface area (Å²) in [5.41, 5.74) is 17.4. The van der Waals surface area contributed by atoms with Gasteiger partial charge in [-0.15, -0.1) is 0 Å². The summed E-state index contributed by atoms with van der Waals surface area (Å²) < 4.78 is 0. The van der Waals surface area contributed by atoms with Crippen molar-refractivity contribution in [3.63, 3.8) is 0 Å². The highest BCUT2D eigenvalue weighted by Gasteiger charge is 2.29. The molecule has 0 spiro atoms. The first kappa shape index (κ1) is 47.1. The van der Waals surface area contributed by atoms with E-state index in [1.807, 2.05) is 75.5 Å². The van der Waals surface area contributed by atoms with Gasteiger partial charge in [-0.1, -0.05) is 74.1 Å². The number of carboxylic acids is 1. The highest BCUT2D eigenvalue weighted by molar-refractivity contribution is 7.99. The van der Waals surface area contributed by atoms with Crippen LogP contribution in [0.5, 0.6) is 0 Å². The van der Waals surface area contributed by atoms with Crippen LogP contribution in [0.3, 0.4) is 0 Å². The summed E-state index contributed by atoms with van der Waals surface area (Å²) in [5.74, 6) is -1.44. The minimum absolute atomic E-state index is 0.124. The zero-order valence-corrected chi connectivity index (χ0v) is 35.9. The smallest absolute Gasteiger partial charge is 0.335 e. The molecule has 5 rings (SSSR count). The summed E-state index contributed by atoms with van der Waals surface area (Å²) in [7, 11) is 1.79. The number of unbranched alkanes of at least 4 members (excludes halogenated alkanes) is 1. The molecule has 0 saturated heterocycles. The van der Waals surface area contributed by atoms with E-state index in [2.05, 4.69) is 27.0 Å². The number of H-pyrrole nitrogens is 1. The molecule has 0 fully saturated rings. The second-order valence-corrected chi connectivity index (χ2v) is 15.3. The number of amides is 3. The van der Waals surface area contributed by atoms with E-state index in [0.717, 1.165) is 50.0 Å². The number of rotatable bonds is 23. The number of aromatic nitrogens is 2. The number of hydrogen-bond donors (Lipinski definition) is 7. The predicted octanol–water partition coefficient (Wildman–Crippen LogP) is 6.25. The Labute approximate surface area is 357 Å². The molecule has 3 unspecified atom stereocenters. The average molecular weight is 837 g/mol. The van der Waals surface area contributed by atoms with Crippen LogP contribution in [-0.4, -0.2) is 82.4 Å². The van der Waals surface area contributed by atoms with Crippen LogP contribution in [0.2, 0.25) is 0 Å². The Balaban J connectivity index is 0.00000391. The molecule has 0 radical (unpaired) electrons. The highest BCUT2D eigenvalue weighted by Crippen LogP contribution is 2.36. The molecule has 60 heavy (non-hydrogen) atoms. The number of nitrogens with zero attached hydrogens (tertiary/aromatic N) is 2. The molecule has 320 valence electrons. The van der Waals surface area contributed by atoms with E-state index in [1.54, 1.807) is 42.4 Å². The normalized spacial score (nSPS) is 12.4. The lowest BCUT2D eigenvalue weighted by Crippen LogP contribution is -2.54. The summed E-state index contributed by atoms with van der Waals surface area (Å²) >= 11 is 1.44. The molecular weight excluding hydrogens is 777 g/mol. The number of carbonyl (C=O) groups excluding carboxylic acids is 3. The summed E-state index contributed by atoms with van der Waals surface area (Å²) in [6.45, 7) is 7.47. The minimum atomic E-state index is -1.01. The van der Waals surface area contributed by atoms with E-state index in [1.165, 1.54) is 11.8 Å². The van der Waals surface area contributed by atoms with Crippen molar-refractivity contribution in [3.05, 3.63) is 114 Å². The third kappa shape index (κ3) is 13.0. The van der Waals surface area contributed by atoms with E-state index < -0.39 is 18.1 Å². The van der Waals surface area contributed by atoms with Crippen LogP contribution < -0.4 is 27.4 Å². The van der Waals surface area contributed by atoms with Crippen molar-refractivity contribution in [2.24, 2.45) is 11.5 Å². The first-order chi connectivity index (χ1) is 29.1.